The zero-order valence-electron chi connectivity index (χ0n) is 14.2. The van der Waals surface area contributed by atoms with Gasteiger partial charge >= 0.3 is 0 Å². The van der Waals surface area contributed by atoms with Crippen LogP contribution in [0.25, 0.3) is 0 Å². The molecule has 3 N–H and O–H groups in total. The smallest absolute Gasteiger partial charge is 0.242 e. The molecule has 1 aromatic rings. The van der Waals surface area contributed by atoms with Crippen LogP contribution in [0.4, 0.5) is 0 Å². The van der Waals surface area contributed by atoms with Gasteiger partial charge in [-0.1, -0.05) is 43.7 Å². The zero-order valence-corrected chi connectivity index (χ0v) is 15.0. The van der Waals surface area contributed by atoms with Crippen LogP contribution in [-0.2, 0) is 16.0 Å². The summed E-state index contributed by atoms with van der Waals surface area (Å²) >= 11 is 0. The first-order valence-corrected chi connectivity index (χ1v) is 8.53. The van der Waals surface area contributed by atoms with Crippen LogP contribution in [0.3, 0.4) is 0 Å². The average Bonchev–Trinajstić information content (AvgIpc) is 3.06. The molecule has 1 aliphatic rings. The van der Waals surface area contributed by atoms with E-state index < -0.39 is 6.04 Å². The van der Waals surface area contributed by atoms with Crippen molar-refractivity contribution in [1.82, 2.24) is 16.0 Å². The fourth-order valence-electron chi connectivity index (χ4n) is 2.86. The summed E-state index contributed by atoms with van der Waals surface area (Å²) in [5, 5.41) is 9.19. The van der Waals surface area contributed by atoms with E-state index in [9.17, 15) is 9.59 Å². The SMILES string of the molecule is CCCC(NC(=O)Cc1ccccc1)C(=O)NCC1CCCN1.Cl. The van der Waals surface area contributed by atoms with E-state index in [0.717, 1.165) is 31.4 Å². The topological polar surface area (TPSA) is 70.2 Å². The summed E-state index contributed by atoms with van der Waals surface area (Å²) in [6.45, 7) is 3.67. The Morgan fingerprint density at radius 1 is 1.29 bits per heavy atom. The molecule has 134 valence electrons. The average molecular weight is 354 g/mol. The molecule has 2 atom stereocenters. The zero-order chi connectivity index (χ0) is 16.5. The molecule has 1 aliphatic heterocycles. The predicted molar refractivity (Wildman–Crippen MR) is 98.3 cm³/mol. The second-order valence-electron chi connectivity index (χ2n) is 6.11. The normalized spacial score (nSPS) is 17.6. The van der Waals surface area contributed by atoms with Gasteiger partial charge in [-0.25, -0.2) is 0 Å². The predicted octanol–water partition coefficient (Wildman–Crippen LogP) is 1.80. The lowest BCUT2D eigenvalue weighted by Gasteiger charge is -2.19. The Balaban J connectivity index is 0.00000288. The lowest BCUT2D eigenvalue weighted by molar-refractivity contribution is -0.128. The van der Waals surface area contributed by atoms with Crippen molar-refractivity contribution in [2.24, 2.45) is 0 Å². The summed E-state index contributed by atoms with van der Waals surface area (Å²) in [4.78, 5) is 24.5. The molecule has 1 heterocycles. The largest absolute Gasteiger partial charge is 0.353 e. The molecule has 0 aliphatic carbocycles. The van der Waals surface area contributed by atoms with Crippen LogP contribution in [0.15, 0.2) is 30.3 Å². The molecule has 0 aromatic heterocycles. The van der Waals surface area contributed by atoms with Crippen LogP contribution in [0, 0.1) is 0 Å². The van der Waals surface area contributed by atoms with Gasteiger partial charge in [-0.3, -0.25) is 9.59 Å². The maximum atomic E-state index is 12.3. The molecule has 24 heavy (non-hydrogen) atoms. The Kier molecular flexibility index (Phi) is 9.42. The highest BCUT2D eigenvalue weighted by atomic mass is 35.5. The molecule has 1 fully saturated rings. The van der Waals surface area contributed by atoms with Crippen molar-refractivity contribution in [1.29, 1.82) is 0 Å². The molecule has 0 spiro atoms. The third-order valence-electron chi connectivity index (χ3n) is 4.12. The lowest BCUT2D eigenvalue weighted by atomic mass is 10.1. The number of rotatable bonds is 8. The van der Waals surface area contributed by atoms with E-state index in [1.54, 1.807) is 0 Å². The number of hydrogen-bond acceptors (Lipinski definition) is 3. The molecule has 1 aromatic carbocycles. The highest BCUT2D eigenvalue weighted by Gasteiger charge is 2.21. The second kappa shape index (κ2) is 11.0. The first kappa shape index (κ1) is 20.5. The summed E-state index contributed by atoms with van der Waals surface area (Å²) in [5.41, 5.74) is 0.954. The Bertz CT molecular complexity index is 504. The van der Waals surface area contributed by atoms with E-state index in [4.69, 9.17) is 0 Å². The van der Waals surface area contributed by atoms with Crippen molar-refractivity contribution in [3.05, 3.63) is 35.9 Å². The number of carbonyl (C=O) groups excluding carboxylic acids is 2. The highest BCUT2D eigenvalue weighted by molar-refractivity contribution is 5.88. The van der Waals surface area contributed by atoms with Crippen molar-refractivity contribution in [2.45, 2.75) is 51.1 Å². The van der Waals surface area contributed by atoms with Crippen LogP contribution in [0.5, 0.6) is 0 Å². The van der Waals surface area contributed by atoms with Crippen LogP contribution >= 0.6 is 12.4 Å². The van der Waals surface area contributed by atoms with Crippen molar-refractivity contribution < 1.29 is 9.59 Å². The molecule has 6 heteroatoms. The van der Waals surface area contributed by atoms with Gasteiger partial charge < -0.3 is 16.0 Å². The van der Waals surface area contributed by atoms with Gasteiger partial charge in [-0.15, -0.1) is 12.4 Å². The van der Waals surface area contributed by atoms with Gasteiger partial charge in [0.05, 0.1) is 6.42 Å². The molecule has 5 nitrogen and oxygen atoms in total. The molecular weight excluding hydrogens is 326 g/mol. The maximum Gasteiger partial charge on any atom is 0.242 e. The van der Waals surface area contributed by atoms with Crippen LogP contribution in [0.1, 0.15) is 38.2 Å². The Morgan fingerprint density at radius 3 is 2.67 bits per heavy atom. The van der Waals surface area contributed by atoms with Gasteiger partial charge in [0, 0.05) is 12.6 Å². The van der Waals surface area contributed by atoms with E-state index in [2.05, 4.69) is 16.0 Å². The molecule has 2 rings (SSSR count). The van der Waals surface area contributed by atoms with Gasteiger partial charge in [0.1, 0.15) is 6.04 Å². The monoisotopic (exact) mass is 353 g/mol. The third-order valence-corrected chi connectivity index (χ3v) is 4.12. The van der Waals surface area contributed by atoms with Gasteiger partial charge in [0.25, 0.3) is 0 Å². The Labute approximate surface area is 150 Å². The first-order valence-electron chi connectivity index (χ1n) is 8.53. The van der Waals surface area contributed by atoms with E-state index in [1.165, 1.54) is 0 Å². The number of halogens is 1. The minimum atomic E-state index is -0.447. The molecule has 0 saturated carbocycles. The summed E-state index contributed by atoms with van der Waals surface area (Å²) in [5.74, 6) is -0.189. The van der Waals surface area contributed by atoms with Crippen LogP contribution in [0.2, 0.25) is 0 Å². The molecule has 1 saturated heterocycles. The fraction of sp³-hybridized carbons (Fsp3) is 0.556. The summed E-state index contributed by atoms with van der Waals surface area (Å²) in [6.07, 6.45) is 4.07. The van der Waals surface area contributed by atoms with Crippen LogP contribution in [-0.4, -0.2) is 37.0 Å². The van der Waals surface area contributed by atoms with Gasteiger partial charge in [0.2, 0.25) is 11.8 Å². The Morgan fingerprint density at radius 2 is 2.04 bits per heavy atom. The number of nitrogens with one attached hydrogen (secondary N) is 3. The van der Waals surface area contributed by atoms with Gasteiger partial charge in [-0.2, -0.15) is 0 Å². The van der Waals surface area contributed by atoms with Crippen molar-refractivity contribution in [3.8, 4) is 0 Å². The van der Waals surface area contributed by atoms with Gasteiger partial charge in [0.15, 0.2) is 0 Å². The second-order valence-corrected chi connectivity index (χ2v) is 6.11. The number of hydrogen-bond donors (Lipinski definition) is 3. The summed E-state index contributed by atoms with van der Waals surface area (Å²) in [6, 6.07) is 9.49. The molecule has 0 radical (unpaired) electrons. The first-order chi connectivity index (χ1) is 11.2. The van der Waals surface area contributed by atoms with Gasteiger partial charge in [-0.05, 0) is 31.4 Å². The number of carbonyl (C=O) groups is 2. The Hall–Kier alpha value is -1.59. The summed E-state index contributed by atoms with van der Waals surface area (Å²) in [7, 11) is 0. The fourth-order valence-corrected chi connectivity index (χ4v) is 2.86. The van der Waals surface area contributed by atoms with E-state index in [-0.39, 0.29) is 24.2 Å². The standard InChI is InChI=1S/C18H27N3O2.ClH/c1-2-7-16(18(23)20-13-15-10-6-11-19-15)21-17(22)12-14-8-4-3-5-9-14;/h3-5,8-9,15-16,19H,2,6-7,10-13H2,1H3,(H,20,23)(H,21,22);1H. The van der Waals surface area contributed by atoms with Crippen molar-refractivity contribution >= 4 is 24.2 Å². The number of amides is 2. The van der Waals surface area contributed by atoms with Crippen molar-refractivity contribution in [3.63, 3.8) is 0 Å². The number of benzene rings is 1. The molecule has 2 amide bonds. The minimum Gasteiger partial charge on any atom is -0.353 e. The van der Waals surface area contributed by atoms with Crippen LogP contribution < -0.4 is 16.0 Å². The third kappa shape index (κ3) is 6.89. The highest BCUT2D eigenvalue weighted by Crippen LogP contribution is 2.05. The molecule has 0 bridgehead atoms. The van der Waals surface area contributed by atoms with Crippen molar-refractivity contribution in [2.75, 3.05) is 13.1 Å². The molecular formula is C18H28ClN3O2. The minimum absolute atomic E-state index is 0. The summed E-state index contributed by atoms with van der Waals surface area (Å²) < 4.78 is 0. The lowest BCUT2D eigenvalue weighted by Crippen LogP contribution is -2.49. The van der Waals surface area contributed by atoms with E-state index >= 15 is 0 Å². The molecule has 2 unspecified atom stereocenters. The van der Waals surface area contributed by atoms with E-state index in [0.29, 0.717) is 25.4 Å². The quantitative estimate of drug-likeness (QED) is 0.667. The van der Waals surface area contributed by atoms with E-state index in [1.807, 2.05) is 37.3 Å². The maximum absolute atomic E-state index is 12.3.